The second-order valence-electron chi connectivity index (χ2n) is 13.6. The molecular formula is C41H76O6. The molecule has 1 atom stereocenters. The van der Waals surface area contributed by atoms with Crippen LogP contribution in [0.4, 0.5) is 0 Å². The number of hydrogen-bond acceptors (Lipinski definition) is 6. The van der Waals surface area contributed by atoms with Crippen LogP contribution >= 0.6 is 0 Å². The maximum atomic E-state index is 12.5. The van der Waals surface area contributed by atoms with Gasteiger partial charge in [-0.2, -0.15) is 0 Å². The third kappa shape index (κ3) is 35.3. The molecule has 6 heteroatoms. The highest BCUT2D eigenvalue weighted by atomic mass is 16.6. The zero-order valence-electron chi connectivity index (χ0n) is 31.3. The molecule has 0 bridgehead atoms. The maximum Gasteiger partial charge on any atom is 0.306 e. The Balaban J connectivity index is 4.01. The largest absolute Gasteiger partial charge is 0.462 e. The lowest BCUT2D eigenvalue weighted by atomic mass is 10.0. The summed E-state index contributed by atoms with van der Waals surface area (Å²) in [6, 6.07) is 0. The molecule has 0 aliphatic carbocycles. The van der Waals surface area contributed by atoms with Crippen molar-refractivity contribution in [2.75, 3.05) is 13.2 Å². The Bertz CT molecular complexity index is 733. The van der Waals surface area contributed by atoms with Crippen LogP contribution in [0.25, 0.3) is 0 Å². The van der Waals surface area contributed by atoms with Crippen LogP contribution in [0.5, 0.6) is 0 Å². The summed E-state index contributed by atoms with van der Waals surface area (Å²) in [5.41, 5.74) is 0. The van der Waals surface area contributed by atoms with Gasteiger partial charge in [0.25, 0.3) is 0 Å². The fraction of sp³-hybridized carbons (Fsp3) is 0.878. The van der Waals surface area contributed by atoms with Crippen LogP contribution in [0.1, 0.15) is 213 Å². The van der Waals surface area contributed by atoms with Gasteiger partial charge in [-0.3, -0.25) is 14.4 Å². The third-order valence-electron chi connectivity index (χ3n) is 8.74. The average molecular weight is 665 g/mol. The van der Waals surface area contributed by atoms with Crippen molar-refractivity contribution in [1.82, 2.24) is 0 Å². The van der Waals surface area contributed by atoms with Gasteiger partial charge in [0, 0.05) is 19.3 Å². The van der Waals surface area contributed by atoms with E-state index in [1.165, 1.54) is 122 Å². The van der Waals surface area contributed by atoms with Gasteiger partial charge in [-0.05, 0) is 44.9 Å². The Morgan fingerprint density at radius 1 is 0.404 bits per heavy atom. The number of hydrogen-bond donors (Lipinski definition) is 0. The number of carbonyl (C=O) groups is 3. The van der Waals surface area contributed by atoms with Gasteiger partial charge >= 0.3 is 17.9 Å². The molecule has 0 saturated carbocycles. The van der Waals surface area contributed by atoms with Gasteiger partial charge in [0.1, 0.15) is 13.2 Å². The monoisotopic (exact) mass is 665 g/mol. The molecule has 0 aliphatic heterocycles. The first kappa shape index (κ1) is 45.2. The summed E-state index contributed by atoms with van der Waals surface area (Å²) in [5.74, 6) is -0.942. The van der Waals surface area contributed by atoms with Crippen molar-refractivity contribution >= 4 is 17.9 Å². The van der Waals surface area contributed by atoms with E-state index >= 15 is 0 Å². The van der Waals surface area contributed by atoms with E-state index in [2.05, 4.69) is 26.0 Å². The smallest absolute Gasteiger partial charge is 0.306 e. The topological polar surface area (TPSA) is 78.9 Å². The molecule has 0 spiro atoms. The standard InChI is InChI=1S/C41H76O6/c1-4-7-9-11-13-15-17-19-20-22-23-25-27-29-31-34-40(43)46-37-38(36-45-39(42)33-6-3)47-41(44)35-32-30-28-26-24-21-18-16-14-12-10-8-5-2/h19-20,38H,4-18,21-37H2,1-3H3/b20-19-. The maximum absolute atomic E-state index is 12.5. The van der Waals surface area contributed by atoms with E-state index in [0.717, 1.165) is 44.9 Å². The molecule has 6 nitrogen and oxygen atoms in total. The Morgan fingerprint density at radius 2 is 0.745 bits per heavy atom. The fourth-order valence-electron chi connectivity index (χ4n) is 5.71. The predicted octanol–water partition coefficient (Wildman–Crippen LogP) is 12.3. The lowest BCUT2D eigenvalue weighted by Crippen LogP contribution is -2.30. The summed E-state index contributed by atoms with van der Waals surface area (Å²) in [7, 11) is 0. The zero-order valence-corrected chi connectivity index (χ0v) is 31.3. The molecule has 0 rings (SSSR count). The van der Waals surface area contributed by atoms with Gasteiger partial charge < -0.3 is 14.2 Å². The molecule has 0 amide bonds. The van der Waals surface area contributed by atoms with Gasteiger partial charge in [0.15, 0.2) is 6.10 Å². The lowest BCUT2D eigenvalue weighted by Gasteiger charge is -2.18. The molecule has 276 valence electrons. The van der Waals surface area contributed by atoms with Crippen molar-refractivity contribution < 1.29 is 28.6 Å². The molecule has 0 N–H and O–H groups in total. The molecule has 0 aliphatic rings. The van der Waals surface area contributed by atoms with Crippen LogP contribution in [0.15, 0.2) is 12.2 Å². The molecule has 0 aromatic carbocycles. The van der Waals surface area contributed by atoms with Crippen LogP contribution in [0.3, 0.4) is 0 Å². The second-order valence-corrected chi connectivity index (χ2v) is 13.6. The van der Waals surface area contributed by atoms with E-state index in [1.807, 2.05) is 6.92 Å². The number of allylic oxidation sites excluding steroid dienone is 2. The minimum Gasteiger partial charge on any atom is -0.462 e. The number of esters is 3. The lowest BCUT2D eigenvalue weighted by molar-refractivity contribution is -0.167. The summed E-state index contributed by atoms with van der Waals surface area (Å²) in [5, 5.41) is 0. The Labute approximate surface area is 290 Å². The third-order valence-corrected chi connectivity index (χ3v) is 8.74. The SMILES string of the molecule is CCCCCCCC/C=C\CCCCCCCC(=O)OCC(COC(=O)CCC)OC(=O)CCCCCCCCCCCCCCC. The van der Waals surface area contributed by atoms with Crippen LogP contribution in [0.2, 0.25) is 0 Å². The Morgan fingerprint density at radius 3 is 1.15 bits per heavy atom. The fourth-order valence-corrected chi connectivity index (χ4v) is 5.71. The minimum absolute atomic E-state index is 0.0757. The molecule has 0 aromatic heterocycles. The highest BCUT2D eigenvalue weighted by molar-refractivity contribution is 5.71. The van der Waals surface area contributed by atoms with Gasteiger partial charge in [0.05, 0.1) is 0 Å². The number of ether oxygens (including phenoxy) is 3. The van der Waals surface area contributed by atoms with Gasteiger partial charge in [-0.25, -0.2) is 0 Å². The van der Waals surface area contributed by atoms with E-state index in [1.54, 1.807) is 0 Å². The summed E-state index contributed by atoms with van der Waals surface area (Å²) in [6.07, 6.45) is 37.5. The molecule has 0 heterocycles. The minimum atomic E-state index is -0.761. The Kier molecular flexibility index (Phi) is 35.5. The normalized spacial score (nSPS) is 12.0. The highest BCUT2D eigenvalue weighted by Gasteiger charge is 2.19. The first-order chi connectivity index (χ1) is 23.0. The summed E-state index contributed by atoms with van der Waals surface area (Å²) in [6.45, 7) is 6.27. The van der Waals surface area contributed by atoms with Gasteiger partial charge in [0.2, 0.25) is 0 Å². The molecule has 1 unspecified atom stereocenters. The summed E-state index contributed by atoms with van der Waals surface area (Å²) < 4.78 is 16.3. The quantitative estimate of drug-likeness (QED) is 0.0287. The predicted molar refractivity (Wildman–Crippen MR) is 196 cm³/mol. The van der Waals surface area contributed by atoms with E-state index in [-0.39, 0.29) is 31.1 Å². The second kappa shape index (κ2) is 37.0. The highest BCUT2D eigenvalue weighted by Crippen LogP contribution is 2.14. The molecule has 0 radical (unpaired) electrons. The Hall–Kier alpha value is -1.85. The first-order valence-electron chi connectivity index (χ1n) is 20.2. The number of unbranched alkanes of at least 4 members (excludes halogenated alkanes) is 23. The van der Waals surface area contributed by atoms with Gasteiger partial charge in [-0.15, -0.1) is 0 Å². The average Bonchev–Trinajstić information content (AvgIpc) is 3.06. The van der Waals surface area contributed by atoms with Crippen LogP contribution in [0, 0.1) is 0 Å². The summed E-state index contributed by atoms with van der Waals surface area (Å²) in [4.78, 5) is 36.7. The molecule has 0 fully saturated rings. The van der Waals surface area contributed by atoms with Crippen molar-refractivity contribution in [2.24, 2.45) is 0 Å². The van der Waals surface area contributed by atoms with Crippen molar-refractivity contribution in [2.45, 2.75) is 219 Å². The van der Waals surface area contributed by atoms with Crippen LogP contribution in [-0.2, 0) is 28.6 Å². The molecular weight excluding hydrogens is 588 g/mol. The number of rotatable bonds is 36. The van der Waals surface area contributed by atoms with Crippen molar-refractivity contribution in [3.63, 3.8) is 0 Å². The van der Waals surface area contributed by atoms with Crippen LogP contribution < -0.4 is 0 Å². The van der Waals surface area contributed by atoms with Crippen molar-refractivity contribution in [3.05, 3.63) is 12.2 Å². The summed E-state index contributed by atoms with van der Waals surface area (Å²) >= 11 is 0. The van der Waals surface area contributed by atoms with Crippen molar-refractivity contribution in [1.29, 1.82) is 0 Å². The zero-order chi connectivity index (χ0) is 34.5. The molecule has 0 saturated heterocycles. The van der Waals surface area contributed by atoms with E-state index in [9.17, 15) is 14.4 Å². The van der Waals surface area contributed by atoms with Crippen LogP contribution in [-0.4, -0.2) is 37.2 Å². The van der Waals surface area contributed by atoms with Gasteiger partial charge in [-0.1, -0.05) is 161 Å². The number of carbonyl (C=O) groups excluding carboxylic acids is 3. The van der Waals surface area contributed by atoms with Crippen molar-refractivity contribution in [3.8, 4) is 0 Å². The van der Waals surface area contributed by atoms with E-state index < -0.39 is 6.10 Å². The van der Waals surface area contributed by atoms with E-state index in [4.69, 9.17) is 14.2 Å². The molecule has 0 aromatic rings. The first-order valence-corrected chi connectivity index (χ1v) is 20.2. The van der Waals surface area contributed by atoms with E-state index in [0.29, 0.717) is 25.7 Å². The molecule has 47 heavy (non-hydrogen) atoms.